The molecule has 0 N–H and O–H groups in total. The van der Waals surface area contributed by atoms with E-state index in [2.05, 4.69) is 6.07 Å². The summed E-state index contributed by atoms with van der Waals surface area (Å²) >= 11 is 6.14. The third-order valence-electron chi connectivity index (χ3n) is 3.39. The number of hydrogen-bond donors (Lipinski definition) is 0. The minimum absolute atomic E-state index is 0.202. The van der Waals surface area contributed by atoms with Gasteiger partial charge in [0.1, 0.15) is 5.60 Å². The summed E-state index contributed by atoms with van der Waals surface area (Å²) in [5.41, 5.74) is 0.768. The molecule has 0 spiro atoms. The maximum atomic E-state index is 11.8. The highest BCUT2D eigenvalue weighted by atomic mass is 35.5. The van der Waals surface area contributed by atoms with E-state index >= 15 is 0 Å². The van der Waals surface area contributed by atoms with Gasteiger partial charge in [-0.3, -0.25) is 0 Å². The topological polar surface area (TPSA) is 29.5 Å². The first kappa shape index (κ1) is 15.2. The average Bonchev–Trinajstić information content (AvgIpc) is 2.26. The molecule has 0 aromatic heterocycles. The van der Waals surface area contributed by atoms with E-state index in [0.717, 1.165) is 31.0 Å². The van der Waals surface area contributed by atoms with Crippen molar-refractivity contribution in [3.05, 3.63) is 34.9 Å². The number of amides is 1. The van der Waals surface area contributed by atoms with Crippen LogP contribution in [-0.2, 0) is 11.2 Å². The van der Waals surface area contributed by atoms with Crippen molar-refractivity contribution in [1.29, 1.82) is 0 Å². The molecule has 1 heterocycles. The Morgan fingerprint density at radius 1 is 1.35 bits per heavy atom. The zero-order valence-electron chi connectivity index (χ0n) is 12.4. The lowest BCUT2D eigenvalue weighted by Gasteiger charge is -2.40. The van der Waals surface area contributed by atoms with Gasteiger partial charge in [0.15, 0.2) is 0 Å². The van der Waals surface area contributed by atoms with Gasteiger partial charge in [0.05, 0.1) is 0 Å². The Morgan fingerprint density at radius 3 is 2.60 bits per heavy atom. The molecule has 1 amide bonds. The molecule has 110 valence electrons. The van der Waals surface area contributed by atoms with Crippen molar-refractivity contribution < 1.29 is 9.53 Å². The lowest BCUT2D eigenvalue weighted by Crippen LogP contribution is -2.51. The molecule has 0 radical (unpaired) electrons. The Kier molecular flexibility index (Phi) is 4.59. The number of rotatable bonds is 3. The molecule has 1 aliphatic heterocycles. The van der Waals surface area contributed by atoms with Crippen molar-refractivity contribution in [3.8, 4) is 0 Å². The summed E-state index contributed by atoms with van der Waals surface area (Å²) in [4.78, 5) is 13.6. The maximum Gasteiger partial charge on any atom is 0.410 e. The van der Waals surface area contributed by atoms with E-state index in [9.17, 15) is 4.79 Å². The summed E-state index contributed by atoms with van der Waals surface area (Å²) in [6.45, 7) is 7.25. The van der Waals surface area contributed by atoms with Crippen molar-refractivity contribution in [2.45, 2.75) is 39.2 Å². The molecular formula is C16H22ClNO2. The summed E-state index contributed by atoms with van der Waals surface area (Å²) < 4.78 is 5.34. The second-order valence-electron chi connectivity index (χ2n) is 6.38. The highest BCUT2D eigenvalue weighted by Gasteiger charge is 2.33. The fourth-order valence-corrected chi connectivity index (χ4v) is 2.52. The minimum atomic E-state index is -0.417. The number of nitrogens with zero attached hydrogens (tertiary/aromatic N) is 1. The molecule has 0 aliphatic carbocycles. The molecule has 1 aromatic carbocycles. The van der Waals surface area contributed by atoms with E-state index in [1.807, 2.05) is 39.0 Å². The number of carbonyl (C=O) groups excluding carboxylic acids is 1. The van der Waals surface area contributed by atoms with Crippen LogP contribution in [0.25, 0.3) is 0 Å². The fraction of sp³-hybridized carbons (Fsp3) is 0.562. The predicted octanol–water partition coefficient (Wildman–Crippen LogP) is 4.14. The van der Waals surface area contributed by atoms with Gasteiger partial charge in [0.2, 0.25) is 0 Å². The number of halogens is 1. The van der Waals surface area contributed by atoms with Crippen molar-refractivity contribution >= 4 is 17.7 Å². The molecule has 1 saturated heterocycles. The monoisotopic (exact) mass is 295 g/mol. The third kappa shape index (κ3) is 4.14. The molecule has 0 bridgehead atoms. The normalized spacial score (nSPS) is 15.9. The highest BCUT2D eigenvalue weighted by molar-refractivity contribution is 6.31. The number of likely N-dealkylation sites (tertiary alicyclic amines) is 1. The Hall–Kier alpha value is -1.22. The van der Waals surface area contributed by atoms with E-state index in [1.54, 1.807) is 4.90 Å². The Bertz CT molecular complexity index is 476. The molecule has 2 rings (SSSR count). The Balaban J connectivity index is 1.72. The molecule has 0 unspecified atom stereocenters. The first-order valence-electron chi connectivity index (χ1n) is 7.06. The van der Waals surface area contributed by atoms with Crippen LogP contribution in [0.2, 0.25) is 5.02 Å². The van der Waals surface area contributed by atoms with Gasteiger partial charge in [-0.25, -0.2) is 4.79 Å². The molecule has 1 aromatic rings. The zero-order valence-corrected chi connectivity index (χ0v) is 13.1. The van der Waals surface area contributed by atoms with Crippen LogP contribution in [0.1, 0.15) is 32.8 Å². The second kappa shape index (κ2) is 6.04. The molecule has 4 heteroatoms. The number of ether oxygens (including phenoxy) is 1. The third-order valence-corrected chi connectivity index (χ3v) is 3.76. The SMILES string of the molecule is CC(C)(C)OC(=O)N1CC(CCc2ccccc2Cl)C1. The molecule has 1 aliphatic rings. The summed E-state index contributed by atoms with van der Waals surface area (Å²) in [5.74, 6) is 0.554. The highest BCUT2D eigenvalue weighted by Crippen LogP contribution is 2.25. The predicted molar refractivity (Wildman–Crippen MR) is 81.1 cm³/mol. The van der Waals surface area contributed by atoms with E-state index in [0.29, 0.717) is 5.92 Å². The van der Waals surface area contributed by atoms with Crippen LogP contribution < -0.4 is 0 Å². The van der Waals surface area contributed by atoms with E-state index in [-0.39, 0.29) is 6.09 Å². The first-order valence-corrected chi connectivity index (χ1v) is 7.44. The average molecular weight is 296 g/mol. The summed E-state index contributed by atoms with van der Waals surface area (Å²) in [5, 5.41) is 0.829. The van der Waals surface area contributed by atoms with Gasteiger partial charge < -0.3 is 9.64 Å². The number of hydrogen-bond acceptors (Lipinski definition) is 2. The largest absolute Gasteiger partial charge is 0.444 e. The van der Waals surface area contributed by atoms with Gasteiger partial charge in [-0.15, -0.1) is 0 Å². The summed E-state index contributed by atoms with van der Waals surface area (Å²) in [7, 11) is 0. The second-order valence-corrected chi connectivity index (χ2v) is 6.79. The van der Waals surface area contributed by atoms with Crippen molar-refractivity contribution in [2.75, 3.05) is 13.1 Å². The van der Waals surface area contributed by atoms with Gasteiger partial charge in [0.25, 0.3) is 0 Å². The van der Waals surface area contributed by atoms with Crippen molar-refractivity contribution in [2.24, 2.45) is 5.92 Å². The molecule has 1 fully saturated rings. The van der Waals surface area contributed by atoms with Crippen LogP contribution in [-0.4, -0.2) is 29.7 Å². The molecular weight excluding hydrogens is 274 g/mol. The van der Waals surface area contributed by atoms with Gasteiger partial charge >= 0.3 is 6.09 Å². The van der Waals surface area contributed by atoms with Crippen LogP contribution in [0, 0.1) is 5.92 Å². The molecule has 0 atom stereocenters. The number of benzene rings is 1. The van der Waals surface area contributed by atoms with Gasteiger partial charge in [-0.2, -0.15) is 0 Å². The van der Waals surface area contributed by atoms with E-state index in [4.69, 9.17) is 16.3 Å². The van der Waals surface area contributed by atoms with Crippen molar-refractivity contribution in [3.63, 3.8) is 0 Å². The first-order chi connectivity index (χ1) is 9.35. The standard InChI is InChI=1S/C16H22ClNO2/c1-16(2,3)20-15(19)18-10-12(11-18)8-9-13-6-4-5-7-14(13)17/h4-7,12H,8-11H2,1-3H3. The van der Waals surface area contributed by atoms with Gasteiger partial charge in [-0.1, -0.05) is 29.8 Å². The fourth-order valence-electron chi connectivity index (χ4n) is 2.29. The molecule has 0 saturated carbocycles. The van der Waals surface area contributed by atoms with Crippen LogP contribution in [0.3, 0.4) is 0 Å². The quantitative estimate of drug-likeness (QED) is 0.839. The smallest absolute Gasteiger partial charge is 0.410 e. The number of aryl methyl sites for hydroxylation is 1. The number of carbonyl (C=O) groups is 1. The zero-order chi connectivity index (χ0) is 14.8. The van der Waals surface area contributed by atoms with Gasteiger partial charge in [0, 0.05) is 18.1 Å². The lowest BCUT2D eigenvalue weighted by molar-refractivity contribution is -0.00202. The van der Waals surface area contributed by atoms with E-state index in [1.165, 1.54) is 5.56 Å². The minimum Gasteiger partial charge on any atom is -0.444 e. The maximum absolute atomic E-state index is 11.8. The van der Waals surface area contributed by atoms with Crippen LogP contribution in [0.15, 0.2) is 24.3 Å². The lowest BCUT2D eigenvalue weighted by atomic mass is 9.93. The molecule has 20 heavy (non-hydrogen) atoms. The summed E-state index contributed by atoms with van der Waals surface area (Å²) in [6.07, 6.45) is 1.82. The van der Waals surface area contributed by atoms with Crippen LogP contribution >= 0.6 is 11.6 Å². The Labute approximate surface area is 125 Å². The van der Waals surface area contributed by atoms with Gasteiger partial charge in [-0.05, 0) is 51.2 Å². The van der Waals surface area contributed by atoms with Crippen molar-refractivity contribution in [1.82, 2.24) is 4.90 Å². The Morgan fingerprint density at radius 2 is 2.00 bits per heavy atom. The van der Waals surface area contributed by atoms with Crippen LogP contribution in [0.4, 0.5) is 4.79 Å². The molecule has 3 nitrogen and oxygen atoms in total. The van der Waals surface area contributed by atoms with E-state index < -0.39 is 5.60 Å². The summed E-state index contributed by atoms with van der Waals surface area (Å²) in [6, 6.07) is 7.94. The van der Waals surface area contributed by atoms with Crippen LogP contribution in [0.5, 0.6) is 0 Å².